The van der Waals surface area contributed by atoms with Crippen molar-refractivity contribution in [2.75, 3.05) is 12.4 Å². The van der Waals surface area contributed by atoms with Crippen molar-refractivity contribution >= 4 is 29.5 Å². The molecule has 1 unspecified atom stereocenters. The Balaban J connectivity index is 1.55. The maximum Gasteiger partial charge on any atom is 0.269 e. The van der Waals surface area contributed by atoms with E-state index in [1.807, 2.05) is 24.3 Å². The molecule has 0 aliphatic rings. The molecule has 0 spiro atoms. The minimum absolute atomic E-state index is 0.320. The Labute approximate surface area is 184 Å². The molecule has 3 rings (SSSR count). The van der Waals surface area contributed by atoms with Crippen LogP contribution in [0.4, 0.5) is 5.82 Å². The molecule has 0 aliphatic heterocycles. The van der Waals surface area contributed by atoms with Gasteiger partial charge in [0.2, 0.25) is 6.10 Å². The highest BCUT2D eigenvalue weighted by molar-refractivity contribution is 6.30. The fourth-order valence-corrected chi connectivity index (χ4v) is 2.64. The molecule has 162 valence electrons. The van der Waals surface area contributed by atoms with Gasteiger partial charge in [0.15, 0.2) is 17.3 Å². The Morgan fingerprint density at radius 2 is 2.00 bits per heavy atom. The summed E-state index contributed by atoms with van der Waals surface area (Å²) in [5.74, 6) is 1.66. The normalized spacial score (nSPS) is 11.9. The molecule has 3 aromatic rings. The van der Waals surface area contributed by atoms with E-state index >= 15 is 0 Å². The van der Waals surface area contributed by atoms with Gasteiger partial charge in [0.05, 0.1) is 13.3 Å². The molecule has 8 nitrogen and oxygen atoms in total. The fourth-order valence-electron chi connectivity index (χ4n) is 2.51. The molecule has 9 heteroatoms. The highest BCUT2D eigenvalue weighted by atomic mass is 35.5. The SMILES string of the molecule is COc1cc(C=NOC(C)C(=O)Nc2cc(C)on2)ccc1OCc1ccc(Cl)cc1. The van der Waals surface area contributed by atoms with Crippen molar-refractivity contribution in [3.63, 3.8) is 0 Å². The number of carbonyl (C=O) groups is 1. The summed E-state index contributed by atoms with van der Waals surface area (Å²) in [7, 11) is 1.56. The summed E-state index contributed by atoms with van der Waals surface area (Å²) in [6.07, 6.45) is 0.660. The van der Waals surface area contributed by atoms with Gasteiger partial charge in [-0.1, -0.05) is 34.0 Å². The molecule has 1 heterocycles. The Kier molecular flexibility index (Phi) is 7.50. The fraction of sp³-hybridized carbons (Fsp3) is 0.227. The number of aryl methyl sites for hydroxylation is 1. The van der Waals surface area contributed by atoms with Crippen LogP contribution in [0.3, 0.4) is 0 Å². The van der Waals surface area contributed by atoms with E-state index in [4.69, 9.17) is 30.4 Å². The number of halogens is 1. The van der Waals surface area contributed by atoms with Gasteiger partial charge in [0.1, 0.15) is 12.4 Å². The van der Waals surface area contributed by atoms with E-state index in [0.717, 1.165) is 11.1 Å². The molecule has 1 aromatic heterocycles. The molecule has 0 saturated carbocycles. The predicted octanol–water partition coefficient (Wildman–Crippen LogP) is 4.60. The zero-order valence-electron chi connectivity index (χ0n) is 17.3. The number of methoxy groups -OCH3 is 1. The van der Waals surface area contributed by atoms with Gasteiger partial charge in [-0.2, -0.15) is 0 Å². The summed E-state index contributed by atoms with van der Waals surface area (Å²) >= 11 is 5.90. The maximum atomic E-state index is 12.1. The van der Waals surface area contributed by atoms with Gasteiger partial charge in [-0.25, -0.2) is 0 Å². The number of benzene rings is 2. The number of nitrogens with one attached hydrogen (secondary N) is 1. The van der Waals surface area contributed by atoms with Crippen LogP contribution in [0.1, 0.15) is 23.8 Å². The second-order valence-corrected chi connectivity index (χ2v) is 7.06. The highest BCUT2D eigenvalue weighted by Crippen LogP contribution is 2.28. The van der Waals surface area contributed by atoms with Gasteiger partial charge in [-0.05, 0) is 49.7 Å². The summed E-state index contributed by atoms with van der Waals surface area (Å²) in [4.78, 5) is 17.3. The summed E-state index contributed by atoms with van der Waals surface area (Å²) in [5.41, 5.74) is 1.70. The Bertz CT molecular complexity index is 1050. The Morgan fingerprint density at radius 1 is 1.23 bits per heavy atom. The zero-order valence-corrected chi connectivity index (χ0v) is 18.1. The third-order valence-corrected chi connectivity index (χ3v) is 4.42. The minimum Gasteiger partial charge on any atom is -0.493 e. The van der Waals surface area contributed by atoms with Gasteiger partial charge in [0.25, 0.3) is 5.91 Å². The topological polar surface area (TPSA) is 95.2 Å². The van der Waals surface area contributed by atoms with E-state index in [2.05, 4.69) is 15.6 Å². The van der Waals surface area contributed by atoms with Crippen LogP contribution in [0.2, 0.25) is 5.02 Å². The molecular weight excluding hydrogens is 422 g/mol. The molecular formula is C22H22ClN3O5. The number of carbonyl (C=O) groups excluding carboxylic acids is 1. The molecule has 1 amide bonds. The largest absolute Gasteiger partial charge is 0.493 e. The first-order chi connectivity index (χ1) is 14.9. The molecule has 0 saturated heterocycles. The van der Waals surface area contributed by atoms with Crippen molar-refractivity contribution in [1.82, 2.24) is 5.16 Å². The van der Waals surface area contributed by atoms with Crippen molar-refractivity contribution in [3.8, 4) is 11.5 Å². The first-order valence-corrected chi connectivity index (χ1v) is 9.81. The predicted molar refractivity (Wildman–Crippen MR) is 117 cm³/mol. The maximum absolute atomic E-state index is 12.1. The number of hydrogen-bond acceptors (Lipinski definition) is 7. The quantitative estimate of drug-likeness (QED) is 0.383. The molecule has 0 aliphatic carbocycles. The standard InChI is InChI=1S/C22H22ClN3O5/c1-14-10-21(26-30-14)25-22(27)15(2)31-24-12-17-6-9-19(20(11-17)28-3)29-13-16-4-7-18(23)8-5-16/h4-12,15H,13H2,1-3H3,(H,25,26,27). The summed E-state index contributed by atoms with van der Waals surface area (Å²) < 4.78 is 16.1. The zero-order chi connectivity index (χ0) is 22.2. The number of hydrogen-bond donors (Lipinski definition) is 1. The van der Waals surface area contributed by atoms with Crippen LogP contribution in [0, 0.1) is 6.92 Å². The van der Waals surface area contributed by atoms with Crippen molar-refractivity contribution in [3.05, 3.63) is 70.4 Å². The van der Waals surface area contributed by atoms with E-state index in [9.17, 15) is 4.79 Å². The lowest BCUT2D eigenvalue weighted by Crippen LogP contribution is -2.26. The van der Waals surface area contributed by atoms with Crippen molar-refractivity contribution < 1.29 is 23.6 Å². The third kappa shape index (κ3) is 6.48. The third-order valence-electron chi connectivity index (χ3n) is 4.16. The van der Waals surface area contributed by atoms with Crippen LogP contribution in [0.15, 0.2) is 58.2 Å². The Hall–Kier alpha value is -3.52. The lowest BCUT2D eigenvalue weighted by Gasteiger charge is -2.11. The number of rotatable bonds is 9. The molecule has 2 aromatic carbocycles. The summed E-state index contributed by atoms with van der Waals surface area (Å²) in [6.45, 7) is 3.69. The highest BCUT2D eigenvalue weighted by Gasteiger charge is 2.16. The van der Waals surface area contributed by atoms with Gasteiger partial charge in [0, 0.05) is 16.7 Å². The molecule has 0 radical (unpaired) electrons. The Morgan fingerprint density at radius 3 is 2.68 bits per heavy atom. The van der Waals surface area contributed by atoms with Gasteiger partial charge in [-0.15, -0.1) is 0 Å². The summed E-state index contributed by atoms with van der Waals surface area (Å²) in [6, 6.07) is 14.4. The first-order valence-electron chi connectivity index (χ1n) is 9.43. The van der Waals surface area contributed by atoms with Crippen LogP contribution in [0.25, 0.3) is 0 Å². The smallest absolute Gasteiger partial charge is 0.269 e. The number of nitrogens with zero attached hydrogens (tertiary/aromatic N) is 2. The van der Waals surface area contributed by atoms with E-state index < -0.39 is 12.0 Å². The van der Waals surface area contributed by atoms with Crippen LogP contribution in [0.5, 0.6) is 11.5 Å². The molecule has 1 N–H and O–H groups in total. The van der Waals surface area contributed by atoms with Crippen LogP contribution in [-0.4, -0.2) is 30.5 Å². The average molecular weight is 444 g/mol. The second kappa shape index (κ2) is 10.5. The molecule has 0 fully saturated rings. The lowest BCUT2D eigenvalue weighted by molar-refractivity contribution is -0.126. The average Bonchev–Trinajstić information content (AvgIpc) is 3.18. The van der Waals surface area contributed by atoms with Crippen molar-refractivity contribution in [2.24, 2.45) is 5.16 Å². The van der Waals surface area contributed by atoms with Crippen LogP contribution >= 0.6 is 11.6 Å². The number of anilines is 1. The number of ether oxygens (including phenoxy) is 2. The first kappa shape index (κ1) is 22.2. The molecule has 0 bridgehead atoms. The number of oxime groups is 1. The van der Waals surface area contributed by atoms with E-state index in [-0.39, 0.29) is 0 Å². The number of amides is 1. The minimum atomic E-state index is -0.822. The van der Waals surface area contributed by atoms with Gasteiger partial charge in [-0.3, -0.25) is 4.79 Å². The van der Waals surface area contributed by atoms with E-state index in [1.54, 1.807) is 45.2 Å². The van der Waals surface area contributed by atoms with E-state index in [1.165, 1.54) is 6.21 Å². The lowest BCUT2D eigenvalue weighted by atomic mass is 10.2. The van der Waals surface area contributed by atoms with Crippen LogP contribution in [-0.2, 0) is 16.2 Å². The molecule has 31 heavy (non-hydrogen) atoms. The monoisotopic (exact) mass is 443 g/mol. The van der Waals surface area contributed by atoms with Gasteiger partial charge >= 0.3 is 0 Å². The second-order valence-electron chi connectivity index (χ2n) is 6.62. The van der Waals surface area contributed by atoms with Gasteiger partial charge < -0.3 is 24.2 Å². The van der Waals surface area contributed by atoms with Crippen molar-refractivity contribution in [1.29, 1.82) is 0 Å². The summed E-state index contributed by atoms with van der Waals surface area (Å²) in [5, 5.41) is 10.8. The van der Waals surface area contributed by atoms with E-state index in [0.29, 0.717) is 34.7 Å². The van der Waals surface area contributed by atoms with Crippen LogP contribution < -0.4 is 14.8 Å². The number of aromatic nitrogens is 1. The molecule has 1 atom stereocenters. The van der Waals surface area contributed by atoms with Crippen molar-refractivity contribution in [2.45, 2.75) is 26.6 Å².